The topological polar surface area (TPSA) is 102 Å². The lowest BCUT2D eigenvalue weighted by Crippen LogP contribution is -2.41. The Morgan fingerprint density at radius 1 is 1.15 bits per heavy atom. The molecule has 1 aromatic carbocycles. The zero-order valence-electron chi connectivity index (χ0n) is 16.3. The second-order valence-electron chi connectivity index (χ2n) is 7.75. The summed E-state index contributed by atoms with van der Waals surface area (Å²) in [6.07, 6.45) is 9.72. The Labute approximate surface area is 162 Å². The lowest BCUT2D eigenvalue weighted by molar-refractivity contribution is 0.153. The van der Waals surface area contributed by atoms with Crippen LogP contribution in [0.5, 0.6) is 5.75 Å². The van der Waals surface area contributed by atoms with Crippen LogP contribution in [0, 0.1) is 0 Å². The lowest BCUT2D eigenvalue weighted by Gasteiger charge is -2.24. The first-order chi connectivity index (χ1) is 12.8. The molecular formula is C20H34NO5P. The van der Waals surface area contributed by atoms with Crippen molar-refractivity contribution in [1.82, 2.24) is 0 Å². The molecular weight excluding hydrogens is 365 g/mol. The quantitative estimate of drug-likeness (QED) is 0.353. The minimum Gasteiger partial charge on any atom is -0.494 e. The van der Waals surface area contributed by atoms with Crippen LogP contribution in [0.25, 0.3) is 0 Å². The summed E-state index contributed by atoms with van der Waals surface area (Å²) in [6, 6.07) is 8.12. The predicted molar refractivity (Wildman–Crippen MR) is 107 cm³/mol. The maximum Gasteiger partial charge on any atom is 0.469 e. The SMILES string of the molecule is CCCCCCCCOc1ccc([C@@H]2CC[C@@](N)(COP(=O)(O)O)C2)cc1. The molecule has 27 heavy (non-hydrogen) atoms. The van der Waals surface area contributed by atoms with Gasteiger partial charge >= 0.3 is 7.82 Å². The monoisotopic (exact) mass is 399 g/mol. The molecule has 0 saturated heterocycles. The molecule has 1 saturated carbocycles. The molecule has 4 N–H and O–H groups in total. The normalized spacial score (nSPS) is 22.9. The lowest BCUT2D eigenvalue weighted by atomic mass is 9.94. The third kappa shape index (κ3) is 8.32. The third-order valence-electron chi connectivity index (χ3n) is 5.28. The molecule has 0 amide bonds. The molecule has 1 aromatic rings. The molecule has 0 heterocycles. The van der Waals surface area contributed by atoms with Crippen LogP contribution in [0.2, 0.25) is 0 Å². The van der Waals surface area contributed by atoms with Gasteiger partial charge in [-0.05, 0) is 49.3 Å². The molecule has 7 heteroatoms. The van der Waals surface area contributed by atoms with Crippen molar-refractivity contribution in [3.05, 3.63) is 29.8 Å². The fraction of sp³-hybridized carbons (Fsp3) is 0.700. The van der Waals surface area contributed by atoms with Crippen LogP contribution in [0.4, 0.5) is 0 Å². The number of rotatable bonds is 12. The first-order valence-corrected chi connectivity index (χ1v) is 11.6. The molecule has 0 spiro atoms. The highest BCUT2D eigenvalue weighted by atomic mass is 31.2. The van der Waals surface area contributed by atoms with Gasteiger partial charge in [0.15, 0.2) is 0 Å². The van der Waals surface area contributed by atoms with Crippen LogP contribution in [-0.4, -0.2) is 28.5 Å². The molecule has 2 atom stereocenters. The van der Waals surface area contributed by atoms with Gasteiger partial charge in [-0.3, -0.25) is 4.52 Å². The number of hydrogen-bond acceptors (Lipinski definition) is 4. The Morgan fingerprint density at radius 3 is 2.48 bits per heavy atom. The van der Waals surface area contributed by atoms with Gasteiger partial charge in [-0.25, -0.2) is 4.57 Å². The van der Waals surface area contributed by atoms with Gasteiger partial charge in [0.2, 0.25) is 0 Å². The van der Waals surface area contributed by atoms with E-state index in [2.05, 4.69) is 23.6 Å². The maximum atomic E-state index is 10.9. The molecule has 0 unspecified atom stereocenters. The number of ether oxygens (including phenoxy) is 1. The summed E-state index contributed by atoms with van der Waals surface area (Å²) >= 11 is 0. The molecule has 6 nitrogen and oxygen atoms in total. The van der Waals surface area contributed by atoms with E-state index in [-0.39, 0.29) is 12.5 Å². The van der Waals surface area contributed by atoms with Crippen molar-refractivity contribution in [1.29, 1.82) is 0 Å². The van der Waals surface area contributed by atoms with Crippen LogP contribution in [-0.2, 0) is 9.09 Å². The summed E-state index contributed by atoms with van der Waals surface area (Å²) in [5, 5.41) is 0. The van der Waals surface area contributed by atoms with E-state index in [1.807, 2.05) is 12.1 Å². The number of phosphoric ester groups is 1. The predicted octanol–water partition coefficient (Wildman–Crippen LogP) is 4.50. The molecule has 0 bridgehead atoms. The molecule has 1 fully saturated rings. The van der Waals surface area contributed by atoms with Gasteiger partial charge in [0, 0.05) is 5.54 Å². The summed E-state index contributed by atoms with van der Waals surface area (Å²) < 4.78 is 21.3. The van der Waals surface area contributed by atoms with Crippen LogP contribution < -0.4 is 10.5 Å². The van der Waals surface area contributed by atoms with Gasteiger partial charge in [-0.1, -0.05) is 51.2 Å². The van der Waals surface area contributed by atoms with Crippen molar-refractivity contribution in [3.8, 4) is 5.75 Å². The summed E-state index contributed by atoms with van der Waals surface area (Å²) in [4.78, 5) is 17.7. The fourth-order valence-corrected chi connectivity index (χ4v) is 4.12. The minimum absolute atomic E-state index is 0.118. The maximum absolute atomic E-state index is 10.9. The summed E-state index contributed by atoms with van der Waals surface area (Å²) in [7, 11) is -4.48. The Bertz CT molecular complexity index is 603. The number of benzene rings is 1. The number of hydrogen-bond donors (Lipinski definition) is 3. The van der Waals surface area contributed by atoms with E-state index in [1.165, 1.54) is 37.7 Å². The Kier molecular flexibility index (Phi) is 8.77. The van der Waals surface area contributed by atoms with Crippen molar-refractivity contribution in [2.24, 2.45) is 5.73 Å². The zero-order chi connectivity index (χ0) is 19.8. The second-order valence-corrected chi connectivity index (χ2v) is 8.99. The standard InChI is InChI=1S/C20H34NO5P/c1-2-3-4-5-6-7-14-25-19-10-8-17(9-11-19)18-12-13-20(21,15-18)16-26-27(22,23)24/h8-11,18H,2-7,12-16,21H2,1H3,(H2,22,23,24)/t18-,20+/m1/s1. The zero-order valence-corrected chi connectivity index (χ0v) is 17.2. The highest BCUT2D eigenvalue weighted by Crippen LogP contribution is 2.43. The summed E-state index contributed by atoms with van der Waals surface area (Å²) in [5.41, 5.74) is 6.76. The summed E-state index contributed by atoms with van der Waals surface area (Å²) in [5.74, 6) is 1.16. The van der Waals surface area contributed by atoms with E-state index >= 15 is 0 Å². The Balaban J connectivity index is 1.73. The first-order valence-electron chi connectivity index (χ1n) is 10.0. The van der Waals surface area contributed by atoms with Gasteiger partial charge in [0.05, 0.1) is 13.2 Å². The van der Waals surface area contributed by atoms with E-state index in [4.69, 9.17) is 20.3 Å². The van der Waals surface area contributed by atoms with Gasteiger partial charge in [0.25, 0.3) is 0 Å². The molecule has 0 aliphatic heterocycles. The van der Waals surface area contributed by atoms with E-state index in [1.54, 1.807) is 0 Å². The molecule has 0 aromatic heterocycles. The summed E-state index contributed by atoms with van der Waals surface area (Å²) in [6.45, 7) is 2.86. The van der Waals surface area contributed by atoms with E-state index < -0.39 is 13.4 Å². The highest BCUT2D eigenvalue weighted by Gasteiger charge is 2.38. The smallest absolute Gasteiger partial charge is 0.469 e. The number of phosphoric acid groups is 1. The van der Waals surface area contributed by atoms with Gasteiger partial charge in [0.1, 0.15) is 5.75 Å². The second kappa shape index (κ2) is 10.6. The van der Waals surface area contributed by atoms with Crippen LogP contribution in [0.1, 0.15) is 76.2 Å². The van der Waals surface area contributed by atoms with Crippen molar-refractivity contribution in [3.63, 3.8) is 0 Å². The van der Waals surface area contributed by atoms with Gasteiger partial charge in [-0.15, -0.1) is 0 Å². The average molecular weight is 399 g/mol. The fourth-order valence-electron chi connectivity index (χ4n) is 3.69. The van der Waals surface area contributed by atoms with Crippen LogP contribution >= 0.6 is 7.82 Å². The minimum atomic E-state index is -4.48. The average Bonchev–Trinajstić information content (AvgIpc) is 3.02. The molecule has 1 aliphatic rings. The van der Waals surface area contributed by atoms with Crippen molar-refractivity contribution >= 4 is 7.82 Å². The molecule has 0 radical (unpaired) electrons. The molecule has 2 rings (SSSR count). The number of nitrogens with two attached hydrogens (primary N) is 1. The highest BCUT2D eigenvalue weighted by molar-refractivity contribution is 7.46. The van der Waals surface area contributed by atoms with Gasteiger partial charge < -0.3 is 20.3 Å². The van der Waals surface area contributed by atoms with E-state index in [0.717, 1.165) is 25.2 Å². The van der Waals surface area contributed by atoms with E-state index in [9.17, 15) is 4.57 Å². The molecule has 1 aliphatic carbocycles. The van der Waals surface area contributed by atoms with Crippen molar-refractivity contribution < 1.29 is 23.6 Å². The number of unbranched alkanes of at least 4 members (excludes halogenated alkanes) is 5. The Morgan fingerprint density at radius 2 is 1.81 bits per heavy atom. The first kappa shape index (κ1) is 22.4. The largest absolute Gasteiger partial charge is 0.494 e. The molecule has 154 valence electrons. The van der Waals surface area contributed by atoms with Gasteiger partial charge in [-0.2, -0.15) is 0 Å². The van der Waals surface area contributed by atoms with Crippen molar-refractivity contribution in [2.75, 3.05) is 13.2 Å². The van der Waals surface area contributed by atoms with Crippen LogP contribution in [0.15, 0.2) is 24.3 Å². The Hall–Kier alpha value is -0.910. The van der Waals surface area contributed by atoms with E-state index in [0.29, 0.717) is 12.8 Å². The van der Waals surface area contributed by atoms with Crippen molar-refractivity contribution in [2.45, 2.75) is 76.2 Å². The third-order valence-corrected chi connectivity index (χ3v) is 5.75. The van der Waals surface area contributed by atoms with Crippen LogP contribution in [0.3, 0.4) is 0 Å².